The molecular formula is C49H30N4. The molecule has 0 fully saturated rings. The number of hydrogen-bond donors (Lipinski definition) is 0. The molecule has 0 saturated heterocycles. The Morgan fingerprint density at radius 2 is 0.981 bits per heavy atom. The van der Waals surface area contributed by atoms with E-state index >= 15 is 0 Å². The van der Waals surface area contributed by atoms with Gasteiger partial charge in [-0.3, -0.25) is 8.97 Å². The third kappa shape index (κ3) is 3.69. The molecule has 3 heterocycles. The Morgan fingerprint density at radius 3 is 1.60 bits per heavy atom. The molecule has 12 rings (SSSR count). The van der Waals surface area contributed by atoms with Crippen LogP contribution < -0.4 is 0 Å². The van der Waals surface area contributed by atoms with Crippen molar-refractivity contribution < 1.29 is 0 Å². The summed E-state index contributed by atoms with van der Waals surface area (Å²) in [7, 11) is 0. The summed E-state index contributed by atoms with van der Waals surface area (Å²) in [6, 6.07) is 61.6. The lowest BCUT2D eigenvalue weighted by Crippen LogP contribution is -2.25. The van der Waals surface area contributed by atoms with E-state index in [0.717, 1.165) is 45.0 Å². The van der Waals surface area contributed by atoms with E-state index in [-0.39, 0.29) is 0 Å². The smallest absolute Gasteiger partial charge is 0.182 e. The van der Waals surface area contributed by atoms with Gasteiger partial charge >= 0.3 is 0 Å². The number of rotatable bonds is 3. The fourth-order valence-electron chi connectivity index (χ4n) is 9.49. The first-order valence-corrected chi connectivity index (χ1v) is 18.2. The van der Waals surface area contributed by atoms with Crippen LogP contribution in [0.2, 0.25) is 0 Å². The lowest BCUT2D eigenvalue weighted by molar-refractivity contribution is 0.794. The second-order valence-electron chi connectivity index (χ2n) is 14.2. The lowest BCUT2D eigenvalue weighted by Gasteiger charge is -2.30. The van der Waals surface area contributed by atoms with E-state index in [1.54, 1.807) is 0 Å². The van der Waals surface area contributed by atoms with Gasteiger partial charge in [-0.05, 0) is 62.7 Å². The molecule has 7 aromatic carbocycles. The Morgan fingerprint density at radius 1 is 0.453 bits per heavy atom. The number of hydrogen-bond acceptors (Lipinski definition) is 2. The van der Waals surface area contributed by atoms with Gasteiger partial charge in [0.1, 0.15) is 0 Å². The van der Waals surface area contributed by atoms with Crippen LogP contribution in [0.1, 0.15) is 22.3 Å². The van der Waals surface area contributed by atoms with Gasteiger partial charge in [-0.15, -0.1) is 0 Å². The predicted octanol–water partition coefficient (Wildman–Crippen LogP) is 11.5. The molecule has 4 nitrogen and oxygen atoms in total. The van der Waals surface area contributed by atoms with Gasteiger partial charge in [0.05, 0.1) is 34.0 Å². The molecule has 2 aliphatic rings. The first kappa shape index (κ1) is 28.6. The summed E-state index contributed by atoms with van der Waals surface area (Å²) in [5.41, 5.74) is 17.1. The minimum absolute atomic E-state index is 0.431. The minimum atomic E-state index is -0.431. The van der Waals surface area contributed by atoms with Gasteiger partial charge in [-0.25, -0.2) is 9.97 Å². The van der Waals surface area contributed by atoms with Crippen molar-refractivity contribution in [1.29, 1.82) is 0 Å². The van der Waals surface area contributed by atoms with E-state index in [1.807, 2.05) is 6.20 Å². The van der Waals surface area contributed by atoms with E-state index in [4.69, 9.17) is 9.97 Å². The van der Waals surface area contributed by atoms with E-state index in [1.165, 1.54) is 55.3 Å². The first-order chi connectivity index (χ1) is 26.3. The monoisotopic (exact) mass is 674 g/mol. The molecule has 0 saturated carbocycles. The summed E-state index contributed by atoms with van der Waals surface area (Å²) >= 11 is 0. The molecule has 3 aromatic heterocycles. The van der Waals surface area contributed by atoms with Gasteiger partial charge in [0.25, 0.3) is 0 Å². The molecule has 0 aliphatic heterocycles. The van der Waals surface area contributed by atoms with Crippen molar-refractivity contribution in [3.05, 3.63) is 205 Å². The van der Waals surface area contributed by atoms with E-state index in [2.05, 4.69) is 185 Å². The molecular weight excluding hydrogens is 645 g/mol. The number of aromatic nitrogens is 4. The zero-order chi connectivity index (χ0) is 34.7. The van der Waals surface area contributed by atoms with Crippen LogP contribution in [0.4, 0.5) is 0 Å². The molecule has 2 aliphatic carbocycles. The van der Waals surface area contributed by atoms with Gasteiger partial charge in [0.15, 0.2) is 11.5 Å². The number of fused-ring (bicyclic) bond motifs is 14. The number of para-hydroxylation sites is 2. The maximum Gasteiger partial charge on any atom is 0.182 e. The van der Waals surface area contributed by atoms with Crippen LogP contribution in [0.3, 0.4) is 0 Å². The standard InChI is InChI=1S/C49H30N4/c1-2-14-31(15-3-1)46-29-50-47-48(53-44-24-12-7-19-37(44)38-20-8-13-25-45(38)53)51-43(30-52(46)47)32-26-27-36-35-18-6-11-23-41(35)49(42(36)28-32)39-21-9-4-16-33(39)34-17-5-10-22-40(34)49/h1-30H. The largest absolute Gasteiger partial charge is 0.294 e. The van der Waals surface area contributed by atoms with E-state index in [9.17, 15) is 0 Å². The molecule has 0 atom stereocenters. The molecule has 0 N–H and O–H groups in total. The molecule has 246 valence electrons. The number of nitrogens with zero attached hydrogens (tertiary/aromatic N) is 4. The Labute approximate surface area is 305 Å². The van der Waals surface area contributed by atoms with Gasteiger partial charge in [-0.2, -0.15) is 0 Å². The van der Waals surface area contributed by atoms with Crippen molar-refractivity contribution in [2.45, 2.75) is 5.41 Å². The highest BCUT2D eigenvalue weighted by Gasteiger charge is 2.51. The normalized spacial score (nSPS) is 13.4. The Kier molecular flexibility index (Phi) is 5.67. The van der Waals surface area contributed by atoms with Gasteiger partial charge < -0.3 is 0 Å². The van der Waals surface area contributed by atoms with Gasteiger partial charge in [0, 0.05) is 28.1 Å². The maximum atomic E-state index is 5.58. The quantitative estimate of drug-likeness (QED) is 0.187. The van der Waals surface area contributed by atoms with Gasteiger partial charge in [0.2, 0.25) is 0 Å². The van der Waals surface area contributed by atoms with Gasteiger partial charge in [-0.1, -0.05) is 152 Å². The summed E-state index contributed by atoms with van der Waals surface area (Å²) in [5, 5.41) is 2.39. The van der Waals surface area contributed by atoms with E-state index < -0.39 is 5.41 Å². The van der Waals surface area contributed by atoms with Crippen molar-refractivity contribution in [3.8, 4) is 50.6 Å². The van der Waals surface area contributed by atoms with Crippen LogP contribution in [0.15, 0.2) is 182 Å². The Bertz CT molecular complexity index is 3010. The van der Waals surface area contributed by atoms with Crippen LogP contribution in [0, 0.1) is 0 Å². The number of imidazole rings is 1. The summed E-state index contributed by atoms with van der Waals surface area (Å²) < 4.78 is 4.52. The Hall–Kier alpha value is -7.04. The summed E-state index contributed by atoms with van der Waals surface area (Å²) in [5.74, 6) is 0.803. The first-order valence-electron chi connectivity index (χ1n) is 18.2. The average Bonchev–Trinajstić information content (AvgIpc) is 3.97. The molecule has 0 unspecified atom stereocenters. The molecule has 0 radical (unpaired) electrons. The Balaban J connectivity index is 1.17. The van der Waals surface area contributed by atoms with Crippen molar-refractivity contribution >= 4 is 27.5 Å². The fraction of sp³-hybridized carbons (Fsp3) is 0.0204. The summed E-state index contributed by atoms with van der Waals surface area (Å²) in [6.07, 6.45) is 4.16. The minimum Gasteiger partial charge on any atom is -0.294 e. The second kappa shape index (κ2) is 10.5. The van der Waals surface area contributed by atoms with Crippen LogP contribution >= 0.6 is 0 Å². The van der Waals surface area contributed by atoms with Crippen molar-refractivity contribution in [3.63, 3.8) is 0 Å². The van der Waals surface area contributed by atoms with Crippen LogP contribution in [-0.2, 0) is 5.41 Å². The molecule has 10 aromatic rings. The molecule has 53 heavy (non-hydrogen) atoms. The fourth-order valence-corrected chi connectivity index (χ4v) is 9.49. The van der Waals surface area contributed by atoms with Crippen molar-refractivity contribution in [1.82, 2.24) is 18.9 Å². The topological polar surface area (TPSA) is 35.1 Å². The summed E-state index contributed by atoms with van der Waals surface area (Å²) in [4.78, 5) is 10.7. The predicted molar refractivity (Wildman–Crippen MR) is 214 cm³/mol. The maximum absolute atomic E-state index is 5.58. The van der Waals surface area contributed by atoms with Crippen molar-refractivity contribution in [2.75, 3.05) is 0 Å². The highest BCUT2D eigenvalue weighted by Crippen LogP contribution is 2.63. The zero-order valence-electron chi connectivity index (χ0n) is 28.6. The second-order valence-corrected chi connectivity index (χ2v) is 14.2. The molecule has 0 amide bonds. The number of benzene rings is 7. The highest BCUT2D eigenvalue weighted by molar-refractivity contribution is 6.09. The van der Waals surface area contributed by atoms with Crippen LogP contribution in [0.25, 0.3) is 78.0 Å². The summed E-state index contributed by atoms with van der Waals surface area (Å²) in [6.45, 7) is 0. The molecule has 0 bridgehead atoms. The van der Waals surface area contributed by atoms with Crippen molar-refractivity contribution in [2.24, 2.45) is 0 Å². The van der Waals surface area contributed by atoms with E-state index in [0.29, 0.717) is 0 Å². The third-order valence-electron chi connectivity index (χ3n) is 11.6. The SMILES string of the molecule is c1ccc(-c2cnc3c(-n4c5ccccc5c5ccccc54)nc(-c4ccc5c(c4)C4(c6ccccc6-c6ccccc64)c4ccccc4-5)cn23)cc1. The lowest BCUT2D eigenvalue weighted by atomic mass is 9.70. The average molecular weight is 675 g/mol. The molecule has 1 spiro atoms. The third-order valence-corrected chi connectivity index (χ3v) is 11.6. The zero-order valence-corrected chi connectivity index (χ0v) is 28.6. The molecule has 4 heteroatoms. The van der Waals surface area contributed by atoms with Crippen LogP contribution in [-0.4, -0.2) is 18.9 Å². The highest BCUT2D eigenvalue weighted by atomic mass is 15.1. The van der Waals surface area contributed by atoms with Crippen LogP contribution in [0.5, 0.6) is 0 Å².